The Morgan fingerprint density at radius 1 is 1.47 bits per heavy atom. The van der Waals surface area contributed by atoms with Gasteiger partial charge in [-0.05, 0) is 13.8 Å². The molecule has 0 saturated heterocycles. The van der Waals surface area contributed by atoms with Gasteiger partial charge < -0.3 is 15.0 Å². The van der Waals surface area contributed by atoms with Crippen LogP contribution in [0.5, 0.6) is 5.88 Å². The summed E-state index contributed by atoms with van der Waals surface area (Å²) >= 11 is 1.66. The Labute approximate surface area is 107 Å². The molecule has 17 heavy (non-hydrogen) atoms. The second-order valence-electron chi connectivity index (χ2n) is 4.24. The number of thiazole rings is 1. The van der Waals surface area contributed by atoms with E-state index in [1.807, 2.05) is 19.0 Å². The topological polar surface area (TPSA) is 37.4 Å². The number of aromatic nitrogens is 1. The van der Waals surface area contributed by atoms with E-state index in [-0.39, 0.29) is 0 Å². The highest BCUT2D eigenvalue weighted by Gasteiger charge is 2.12. The largest absolute Gasteiger partial charge is 0.480 e. The molecular weight excluding hydrogens is 234 g/mol. The molecule has 0 atom stereocenters. The molecule has 0 aromatic carbocycles. The molecule has 1 rings (SSSR count). The molecule has 0 spiro atoms. The van der Waals surface area contributed by atoms with E-state index in [4.69, 9.17) is 4.74 Å². The first-order valence-corrected chi connectivity index (χ1v) is 6.41. The van der Waals surface area contributed by atoms with Crippen molar-refractivity contribution in [2.24, 2.45) is 0 Å². The number of nitrogens with one attached hydrogen (secondary N) is 1. The lowest BCUT2D eigenvalue weighted by molar-refractivity contribution is 0.395. The average Bonchev–Trinajstić information content (AvgIpc) is 2.67. The minimum absolute atomic E-state index is 0.725. The molecule has 4 nitrogen and oxygen atoms in total. The molecular formula is C12H21N3OS. The van der Waals surface area contributed by atoms with Gasteiger partial charge in [0.15, 0.2) is 5.13 Å². The predicted molar refractivity (Wildman–Crippen MR) is 74.1 cm³/mol. The quantitative estimate of drug-likeness (QED) is 0.625. The van der Waals surface area contributed by atoms with Crippen molar-refractivity contribution < 1.29 is 4.74 Å². The van der Waals surface area contributed by atoms with Gasteiger partial charge in [0.2, 0.25) is 5.88 Å². The number of ether oxygens (including phenoxy) is 1. The fourth-order valence-electron chi connectivity index (χ4n) is 1.25. The summed E-state index contributed by atoms with van der Waals surface area (Å²) in [6, 6.07) is 0. The van der Waals surface area contributed by atoms with E-state index in [0.717, 1.165) is 29.0 Å². The molecule has 0 bridgehead atoms. The number of hydrogen-bond acceptors (Lipinski definition) is 5. The number of rotatable bonds is 6. The third-order valence-electron chi connectivity index (χ3n) is 2.17. The first-order chi connectivity index (χ1) is 8.04. The van der Waals surface area contributed by atoms with Crippen molar-refractivity contribution >= 4 is 16.5 Å². The molecule has 0 amide bonds. The molecule has 0 aliphatic carbocycles. The number of allylic oxidation sites excluding steroid dienone is 1. The van der Waals surface area contributed by atoms with Gasteiger partial charge in [0.1, 0.15) is 0 Å². The maximum atomic E-state index is 5.27. The molecule has 0 aliphatic rings. The van der Waals surface area contributed by atoms with E-state index >= 15 is 0 Å². The lowest BCUT2D eigenvalue weighted by atomic mass is 10.3. The summed E-state index contributed by atoms with van der Waals surface area (Å²) in [5.74, 6) is 0.725. The molecule has 0 unspecified atom stereocenters. The monoisotopic (exact) mass is 255 g/mol. The minimum Gasteiger partial charge on any atom is -0.480 e. The normalized spacial score (nSPS) is 10.2. The van der Waals surface area contributed by atoms with Crippen LogP contribution in [0, 0.1) is 0 Å². The lowest BCUT2D eigenvalue weighted by Gasteiger charge is -2.04. The van der Waals surface area contributed by atoms with Gasteiger partial charge in [0.05, 0.1) is 12.0 Å². The Hall–Kier alpha value is -1.07. The van der Waals surface area contributed by atoms with Crippen LogP contribution in [0.3, 0.4) is 0 Å². The van der Waals surface area contributed by atoms with Gasteiger partial charge in [0.25, 0.3) is 0 Å². The number of methoxy groups -OCH3 is 1. The van der Waals surface area contributed by atoms with E-state index in [9.17, 15) is 0 Å². The maximum absolute atomic E-state index is 5.27. The molecule has 0 radical (unpaired) electrons. The van der Waals surface area contributed by atoms with Gasteiger partial charge in [-0.1, -0.05) is 23.0 Å². The van der Waals surface area contributed by atoms with E-state index in [2.05, 4.69) is 30.2 Å². The molecule has 1 N–H and O–H groups in total. The number of hydrogen-bond donors (Lipinski definition) is 1. The minimum atomic E-state index is 0.725. The molecule has 96 valence electrons. The molecule has 0 aliphatic heterocycles. The first-order valence-electron chi connectivity index (χ1n) is 5.59. The molecule has 0 saturated carbocycles. The van der Waals surface area contributed by atoms with Crippen molar-refractivity contribution in [2.45, 2.75) is 20.4 Å². The number of anilines is 1. The first kappa shape index (κ1) is 14.0. The summed E-state index contributed by atoms with van der Waals surface area (Å²) in [5.41, 5.74) is 1.32. The summed E-state index contributed by atoms with van der Waals surface area (Å²) in [7, 11) is 5.63. The lowest BCUT2D eigenvalue weighted by Crippen LogP contribution is -2.12. The van der Waals surface area contributed by atoms with Gasteiger partial charge in [-0.15, -0.1) is 0 Å². The van der Waals surface area contributed by atoms with Gasteiger partial charge in [-0.25, -0.2) is 0 Å². The molecule has 0 fully saturated rings. The third kappa shape index (κ3) is 4.36. The Morgan fingerprint density at radius 2 is 2.18 bits per heavy atom. The zero-order chi connectivity index (χ0) is 12.8. The van der Waals surface area contributed by atoms with Crippen molar-refractivity contribution in [3.05, 3.63) is 16.5 Å². The summed E-state index contributed by atoms with van der Waals surface area (Å²) in [6.07, 6.45) is 2.17. The van der Waals surface area contributed by atoms with Crippen molar-refractivity contribution in [2.75, 3.05) is 32.6 Å². The van der Waals surface area contributed by atoms with Crippen molar-refractivity contribution in [3.63, 3.8) is 0 Å². The van der Waals surface area contributed by atoms with Gasteiger partial charge >= 0.3 is 0 Å². The SMILES string of the molecule is COc1nc(N(C)C)sc1CNCC=C(C)C. The Kier molecular flexibility index (Phi) is 5.44. The van der Waals surface area contributed by atoms with Crippen LogP contribution in [0.4, 0.5) is 5.13 Å². The van der Waals surface area contributed by atoms with Crippen LogP contribution in [0.1, 0.15) is 18.7 Å². The molecule has 5 heteroatoms. The van der Waals surface area contributed by atoms with Crippen LogP contribution >= 0.6 is 11.3 Å². The smallest absolute Gasteiger partial charge is 0.230 e. The van der Waals surface area contributed by atoms with Crippen molar-refractivity contribution in [3.8, 4) is 5.88 Å². The zero-order valence-electron chi connectivity index (χ0n) is 11.2. The van der Waals surface area contributed by atoms with E-state index in [1.54, 1.807) is 18.4 Å². The highest BCUT2D eigenvalue weighted by molar-refractivity contribution is 7.15. The molecule has 1 aromatic heterocycles. The third-order valence-corrected chi connectivity index (χ3v) is 3.37. The summed E-state index contributed by atoms with van der Waals surface area (Å²) < 4.78 is 5.27. The number of nitrogens with zero attached hydrogens (tertiary/aromatic N) is 2. The van der Waals surface area contributed by atoms with Gasteiger partial charge in [-0.3, -0.25) is 0 Å². The van der Waals surface area contributed by atoms with Crippen molar-refractivity contribution in [1.82, 2.24) is 10.3 Å². The zero-order valence-corrected chi connectivity index (χ0v) is 12.0. The van der Waals surface area contributed by atoms with E-state index in [1.165, 1.54) is 5.57 Å². The highest BCUT2D eigenvalue weighted by atomic mass is 32.1. The average molecular weight is 255 g/mol. The van der Waals surface area contributed by atoms with Crippen LogP contribution < -0.4 is 15.0 Å². The summed E-state index contributed by atoms with van der Waals surface area (Å²) in [4.78, 5) is 7.54. The standard InChI is InChI=1S/C12H21N3OS/c1-9(2)6-7-13-8-10-11(16-5)14-12(17-10)15(3)4/h6,13H,7-8H2,1-5H3. The summed E-state index contributed by atoms with van der Waals surface area (Å²) in [5, 5.41) is 4.33. The van der Waals surface area contributed by atoms with Crippen molar-refractivity contribution in [1.29, 1.82) is 0 Å². The van der Waals surface area contributed by atoms with Crippen LogP contribution in [-0.4, -0.2) is 32.7 Å². The van der Waals surface area contributed by atoms with Crippen LogP contribution in [-0.2, 0) is 6.54 Å². The Bertz CT molecular complexity index is 381. The summed E-state index contributed by atoms with van der Waals surface area (Å²) in [6.45, 7) is 5.86. The highest BCUT2D eigenvalue weighted by Crippen LogP contribution is 2.29. The van der Waals surface area contributed by atoms with Crippen LogP contribution in [0.2, 0.25) is 0 Å². The molecule has 1 heterocycles. The van der Waals surface area contributed by atoms with E-state index in [0.29, 0.717) is 0 Å². The van der Waals surface area contributed by atoms with Crippen LogP contribution in [0.25, 0.3) is 0 Å². The fourth-order valence-corrected chi connectivity index (χ4v) is 2.17. The van der Waals surface area contributed by atoms with Gasteiger partial charge in [0, 0.05) is 27.2 Å². The fraction of sp³-hybridized carbons (Fsp3) is 0.583. The predicted octanol–water partition coefficient (Wildman–Crippen LogP) is 2.27. The van der Waals surface area contributed by atoms with E-state index < -0.39 is 0 Å². The van der Waals surface area contributed by atoms with Gasteiger partial charge in [-0.2, -0.15) is 4.98 Å². The molecule has 1 aromatic rings. The second-order valence-corrected chi connectivity index (χ2v) is 5.30. The second kappa shape index (κ2) is 6.61. The maximum Gasteiger partial charge on any atom is 0.230 e. The van der Waals surface area contributed by atoms with Crippen LogP contribution in [0.15, 0.2) is 11.6 Å². The Balaban J connectivity index is 2.60. The Morgan fingerprint density at radius 3 is 2.71 bits per heavy atom.